The van der Waals surface area contributed by atoms with Gasteiger partial charge < -0.3 is 15.0 Å². The minimum absolute atomic E-state index is 0.00137. The van der Waals surface area contributed by atoms with Crippen LogP contribution in [-0.4, -0.2) is 48.0 Å². The van der Waals surface area contributed by atoms with Crippen LogP contribution in [0.25, 0.3) is 0 Å². The zero-order chi connectivity index (χ0) is 16.1. The van der Waals surface area contributed by atoms with E-state index in [4.69, 9.17) is 11.6 Å². The number of halogens is 1. The van der Waals surface area contributed by atoms with Crippen LogP contribution in [0.3, 0.4) is 0 Å². The number of benzene rings is 1. The van der Waals surface area contributed by atoms with Crippen molar-refractivity contribution in [2.75, 3.05) is 31.3 Å². The Kier molecular flexibility index (Phi) is 5.68. The Labute approximate surface area is 137 Å². The Morgan fingerprint density at radius 3 is 2.86 bits per heavy atom. The lowest BCUT2D eigenvalue weighted by Crippen LogP contribution is -2.27. The molecule has 118 valence electrons. The van der Waals surface area contributed by atoms with Crippen molar-refractivity contribution in [3.05, 3.63) is 28.8 Å². The molecule has 1 aliphatic heterocycles. The normalized spacial score (nSPS) is 14.1. The van der Waals surface area contributed by atoms with Gasteiger partial charge in [-0.3, -0.25) is 9.59 Å². The number of nitrogens with zero attached hydrogens (tertiary/aromatic N) is 1. The molecule has 0 aromatic heterocycles. The molecule has 1 heterocycles. The Bertz CT molecular complexity index is 609. The first-order chi connectivity index (χ1) is 10.5. The molecule has 6 nitrogen and oxygen atoms in total. The molecule has 8 heteroatoms. The van der Waals surface area contributed by atoms with E-state index in [-0.39, 0.29) is 17.6 Å². The van der Waals surface area contributed by atoms with Crippen LogP contribution < -0.4 is 5.32 Å². The molecule has 0 saturated carbocycles. The number of thioether (sulfide) groups is 1. The van der Waals surface area contributed by atoms with Crippen molar-refractivity contribution in [1.29, 1.82) is 0 Å². The fourth-order valence-corrected chi connectivity index (χ4v) is 2.96. The number of hydrogen-bond donors (Lipinski definition) is 1. The highest BCUT2D eigenvalue weighted by molar-refractivity contribution is 8.13. The third-order valence-corrected chi connectivity index (χ3v) is 4.34. The molecule has 22 heavy (non-hydrogen) atoms. The van der Waals surface area contributed by atoms with E-state index in [2.05, 4.69) is 10.1 Å². The number of ether oxygens (including phenoxy) is 1. The molecule has 1 aliphatic rings. The van der Waals surface area contributed by atoms with Crippen molar-refractivity contribution in [1.82, 2.24) is 4.90 Å². The summed E-state index contributed by atoms with van der Waals surface area (Å²) in [5, 5.41) is 2.97. The van der Waals surface area contributed by atoms with E-state index >= 15 is 0 Å². The second-order valence-corrected chi connectivity index (χ2v) is 6.04. The molecule has 0 radical (unpaired) electrons. The fourth-order valence-electron chi connectivity index (χ4n) is 1.94. The summed E-state index contributed by atoms with van der Waals surface area (Å²) < 4.78 is 4.62. The fraction of sp³-hybridized carbons (Fsp3) is 0.357. The summed E-state index contributed by atoms with van der Waals surface area (Å²) in [6.07, 6.45) is 0.172. The predicted octanol–water partition coefficient (Wildman–Crippen LogP) is 2.62. The SMILES string of the molecule is COC(=O)c1ccc(Cl)c(NC(=O)CCN2CCSC2=O)c1. The largest absolute Gasteiger partial charge is 0.465 e. The molecule has 1 aromatic rings. The lowest BCUT2D eigenvalue weighted by Gasteiger charge is -2.14. The van der Waals surface area contributed by atoms with E-state index < -0.39 is 5.97 Å². The molecule has 0 bridgehead atoms. The van der Waals surface area contributed by atoms with Gasteiger partial charge in [0.15, 0.2) is 0 Å². The van der Waals surface area contributed by atoms with Gasteiger partial charge in [0, 0.05) is 25.3 Å². The van der Waals surface area contributed by atoms with Gasteiger partial charge in [-0.1, -0.05) is 23.4 Å². The first-order valence-electron chi connectivity index (χ1n) is 6.60. The number of amides is 2. The number of nitrogens with one attached hydrogen (secondary N) is 1. The number of hydrogen-bond acceptors (Lipinski definition) is 5. The van der Waals surface area contributed by atoms with Gasteiger partial charge in [-0.15, -0.1) is 0 Å². The van der Waals surface area contributed by atoms with Crippen LogP contribution >= 0.6 is 23.4 Å². The molecule has 0 atom stereocenters. The maximum atomic E-state index is 11.9. The quantitative estimate of drug-likeness (QED) is 0.832. The van der Waals surface area contributed by atoms with E-state index in [9.17, 15) is 14.4 Å². The summed E-state index contributed by atoms with van der Waals surface area (Å²) >= 11 is 7.26. The highest BCUT2D eigenvalue weighted by Crippen LogP contribution is 2.24. The standard InChI is InChI=1S/C14H15ClN2O4S/c1-21-13(19)9-2-3-10(15)11(8-9)16-12(18)4-5-17-6-7-22-14(17)20/h2-3,8H,4-7H2,1H3,(H,16,18). The average molecular weight is 343 g/mol. The summed E-state index contributed by atoms with van der Waals surface area (Å²) in [5.41, 5.74) is 0.644. The Hall–Kier alpha value is -1.73. The molecule has 2 amide bonds. The van der Waals surface area contributed by atoms with Crippen LogP contribution in [0.2, 0.25) is 5.02 Å². The molecule has 0 spiro atoms. The van der Waals surface area contributed by atoms with Crippen molar-refractivity contribution < 1.29 is 19.1 Å². The number of carbonyl (C=O) groups excluding carboxylic acids is 3. The van der Waals surface area contributed by atoms with Crippen LogP contribution in [0.1, 0.15) is 16.8 Å². The van der Waals surface area contributed by atoms with E-state index in [1.54, 1.807) is 4.90 Å². The van der Waals surface area contributed by atoms with Crippen LogP contribution in [0.4, 0.5) is 10.5 Å². The van der Waals surface area contributed by atoms with E-state index in [1.165, 1.54) is 37.1 Å². The van der Waals surface area contributed by atoms with Crippen LogP contribution in [0, 0.1) is 0 Å². The molecule has 1 aromatic carbocycles. The molecular weight excluding hydrogens is 328 g/mol. The van der Waals surface area contributed by atoms with E-state index in [1.807, 2.05) is 0 Å². The molecule has 1 N–H and O–H groups in total. The Morgan fingerprint density at radius 1 is 1.45 bits per heavy atom. The number of methoxy groups -OCH3 is 1. The van der Waals surface area contributed by atoms with Crippen LogP contribution in [-0.2, 0) is 9.53 Å². The van der Waals surface area contributed by atoms with Crippen LogP contribution in [0.5, 0.6) is 0 Å². The van der Waals surface area contributed by atoms with Gasteiger partial charge in [0.25, 0.3) is 5.24 Å². The van der Waals surface area contributed by atoms with E-state index in [0.29, 0.717) is 29.4 Å². The van der Waals surface area contributed by atoms with Gasteiger partial charge in [-0.2, -0.15) is 0 Å². The molecule has 1 saturated heterocycles. The lowest BCUT2D eigenvalue weighted by atomic mass is 10.2. The van der Waals surface area contributed by atoms with Crippen molar-refractivity contribution in [2.24, 2.45) is 0 Å². The van der Waals surface area contributed by atoms with Gasteiger partial charge in [0.1, 0.15) is 0 Å². The second-order valence-electron chi connectivity index (χ2n) is 4.59. The van der Waals surface area contributed by atoms with Gasteiger partial charge in [-0.25, -0.2) is 4.79 Å². The minimum atomic E-state index is -0.508. The molecule has 0 aliphatic carbocycles. The first-order valence-corrected chi connectivity index (χ1v) is 7.97. The molecular formula is C14H15ClN2O4S. The maximum absolute atomic E-state index is 11.9. The topological polar surface area (TPSA) is 75.7 Å². The van der Waals surface area contributed by atoms with Gasteiger partial charge >= 0.3 is 5.97 Å². The van der Waals surface area contributed by atoms with Crippen molar-refractivity contribution in [2.45, 2.75) is 6.42 Å². The highest BCUT2D eigenvalue weighted by atomic mass is 35.5. The Morgan fingerprint density at radius 2 is 2.23 bits per heavy atom. The monoisotopic (exact) mass is 342 g/mol. The molecule has 0 unspecified atom stereocenters. The number of rotatable bonds is 5. The van der Waals surface area contributed by atoms with Crippen LogP contribution in [0.15, 0.2) is 18.2 Å². The second kappa shape index (κ2) is 7.51. The first kappa shape index (κ1) is 16.6. The Balaban J connectivity index is 1.95. The maximum Gasteiger partial charge on any atom is 0.337 e. The van der Waals surface area contributed by atoms with Crippen molar-refractivity contribution >= 4 is 46.2 Å². The summed E-state index contributed by atoms with van der Waals surface area (Å²) in [6, 6.07) is 4.50. The summed E-state index contributed by atoms with van der Waals surface area (Å²) in [6.45, 7) is 1.03. The van der Waals surface area contributed by atoms with Crippen molar-refractivity contribution in [3.8, 4) is 0 Å². The van der Waals surface area contributed by atoms with Crippen molar-refractivity contribution in [3.63, 3.8) is 0 Å². The van der Waals surface area contributed by atoms with Gasteiger partial charge in [0.05, 0.1) is 23.4 Å². The summed E-state index contributed by atoms with van der Waals surface area (Å²) in [7, 11) is 1.28. The minimum Gasteiger partial charge on any atom is -0.465 e. The summed E-state index contributed by atoms with van der Waals surface area (Å²) in [4.78, 5) is 36.5. The molecule has 1 fully saturated rings. The average Bonchev–Trinajstić information content (AvgIpc) is 2.92. The summed E-state index contributed by atoms with van der Waals surface area (Å²) in [5.74, 6) is -0.0199. The lowest BCUT2D eigenvalue weighted by molar-refractivity contribution is -0.116. The van der Waals surface area contributed by atoms with E-state index in [0.717, 1.165) is 5.75 Å². The predicted molar refractivity (Wildman–Crippen MR) is 85.5 cm³/mol. The third kappa shape index (κ3) is 4.14. The zero-order valence-corrected chi connectivity index (χ0v) is 13.5. The zero-order valence-electron chi connectivity index (χ0n) is 11.9. The number of carbonyl (C=O) groups is 3. The smallest absolute Gasteiger partial charge is 0.337 e. The molecule has 2 rings (SSSR count). The van der Waals surface area contributed by atoms with Gasteiger partial charge in [-0.05, 0) is 18.2 Å². The number of esters is 1. The number of anilines is 1. The van der Waals surface area contributed by atoms with Gasteiger partial charge in [0.2, 0.25) is 5.91 Å². The highest BCUT2D eigenvalue weighted by Gasteiger charge is 2.21. The third-order valence-electron chi connectivity index (χ3n) is 3.12.